The second kappa shape index (κ2) is 8.14. The molecule has 1 saturated carbocycles. The van der Waals surface area contributed by atoms with E-state index in [2.05, 4.69) is 5.32 Å². The monoisotopic (exact) mass is 505 g/mol. The largest absolute Gasteiger partial charge is 0.417 e. The van der Waals surface area contributed by atoms with Crippen molar-refractivity contribution in [3.8, 4) is 0 Å². The maximum Gasteiger partial charge on any atom is 0.417 e. The summed E-state index contributed by atoms with van der Waals surface area (Å²) in [6, 6.07) is 6.52. The molecule has 2 fully saturated rings. The Hall–Kier alpha value is -2.37. The van der Waals surface area contributed by atoms with Gasteiger partial charge in [0.05, 0.1) is 26.4 Å². The third-order valence-electron chi connectivity index (χ3n) is 5.90. The number of nitrogens with one attached hydrogen (secondary N) is 1. The Balaban J connectivity index is 1.72. The number of amides is 1. The van der Waals surface area contributed by atoms with Gasteiger partial charge >= 0.3 is 6.18 Å². The molecule has 2 aromatic carbocycles. The van der Waals surface area contributed by atoms with Crippen molar-refractivity contribution in [2.24, 2.45) is 5.73 Å². The fraction of sp³-hybridized carbons (Fsp3) is 0.381. The van der Waals surface area contributed by atoms with E-state index in [1.165, 1.54) is 23.1 Å². The molecule has 3 N–H and O–H groups in total. The zero-order chi connectivity index (χ0) is 24.2. The lowest BCUT2D eigenvalue weighted by molar-refractivity contribution is -0.139. The van der Waals surface area contributed by atoms with Gasteiger partial charge in [0.1, 0.15) is 11.9 Å². The topological polar surface area (TPSA) is 92.5 Å². The first-order valence-corrected chi connectivity index (χ1v) is 12.0. The molecular weight excluding hydrogens is 486 g/mol. The number of carbonyl (C=O) groups excluding carboxylic acids is 1. The molecule has 1 aliphatic heterocycles. The van der Waals surface area contributed by atoms with E-state index < -0.39 is 55.2 Å². The van der Waals surface area contributed by atoms with Crippen LogP contribution in [0.25, 0.3) is 0 Å². The number of halogens is 5. The van der Waals surface area contributed by atoms with Gasteiger partial charge in [0.15, 0.2) is 9.84 Å². The molecule has 33 heavy (non-hydrogen) atoms. The number of hydrogen-bond acceptors (Lipinski definition) is 5. The average molecular weight is 506 g/mol. The third kappa shape index (κ3) is 4.67. The van der Waals surface area contributed by atoms with E-state index >= 15 is 0 Å². The van der Waals surface area contributed by atoms with Gasteiger partial charge in [0, 0.05) is 12.2 Å². The van der Waals surface area contributed by atoms with Crippen molar-refractivity contribution in [2.45, 2.75) is 47.3 Å². The van der Waals surface area contributed by atoms with Crippen LogP contribution in [0.2, 0.25) is 5.02 Å². The smallest absolute Gasteiger partial charge is 0.358 e. The molecule has 0 bridgehead atoms. The van der Waals surface area contributed by atoms with Crippen LogP contribution in [0.4, 0.5) is 23.2 Å². The van der Waals surface area contributed by atoms with Crippen molar-refractivity contribution >= 4 is 33.0 Å². The Morgan fingerprint density at radius 3 is 2.45 bits per heavy atom. The van der Waals surface area contributed by atoms with Gasteiger partial charge in [-0.3, -0.25) is 4.79 Å². The first kappa shape index (κ1) is 23.8. The minimum absolute atomic E-state index is 0.238. The zero-order valence-electron chi connectivity index (χ0n) is 17.1. The molecule has 0 unspecified atom stereocenters. The number of anilines is 1. The van der Waals surface area contributed by atoms with Crippen LogP contribution in [0, 0.1) is 5.82 Å². The van der Waals surface area contributed by atoms with Crippen LogP contribution in [0.15, 0.2) is 47.4 Å². The van der Waals surface area contributed by atoms with E-state index in [-0.39, 0.29) is 23.7 Å². The number of nitrogens with zero attached hydrogens (tertiary/aromatic N) is 1. The molecule has 12 heteroatoms. The van der Waals surface area contributed by atoms with Crippen molar-refractivity contribution in [3.63, 3.8) is 0 Å². The van der Waals surface area contributed by atoms with Gasteiger partial charge < -0.3 is 16.0 Å². The summed E-state index contributed by atoms with van der Waals surface area (Å²) >= 11 is 5.86. The molecule has 178 valence electrons. The summed E-state index contributed by atoms with van der Waals surface area (Å²) in [4.78, 5) is 13.5. The maximum atomic E-state index is 13.7. The first-order chi connectivity index (χ1) is 15.3. The molecule has 0 radical (unpaired) electrons. The van der Waals surface area contributed by atoms with E-state index in [1.54, 1.807) is 0 Å². The van der Waals surface area contributed by atoms with Gasteiger partial charge in [-0.15, -0.1) is 0 Å². The summed E-state index contributed by atoms with van der Waals surface area (Å²) in [7, 11) is -4.49. The van der Waals surface area contributed by atoms with E-state index in [0.29, 0.717) is 18.9 Å². The number of benzene rings is 2. The first-order valence-electron chi connectivity index (χ1n) is 10.0. The van der Waals surface area contributed by atoms with Crippen LogP contribution in [0.5, 0.6) is 0 Å². The van der Waals surface area contributed by atoms with Gasteiger partial charge in [0.2, 0.25) is 5.91 Å². The normalized spacial score (nSPS) is 22.3. The van der Waals surface area contributed by atoms with E-state index in [9.17, 15) is 30.8 Å². The summed E-state index contributed by atoms with van der Waals surface area (Å²) in [6.07, 6.45) is -4.05. The molecule has 2 aromatic rings. The SMILES string of the molecule is NC1(NC(=O)[C@H]2C[C@H](S(=O)(=O)c3ccccc3C(F)(F)F)CN2c2ccc(F)c(Cl)c2)CC1. The lowest BCUT2D eigenvalue weighted by Crippen LogP contribution is -2.51. The second-order valence-corrected chi connectivity index (χ2v) is 10.9. The van der Waals surface area contributed by atoms with Gasteiger partial charge in [-0.2, -0.15) is 13.2 Å². The highest BCUT2D eigenvalue weighted by Crippen LogP contribution is 2.39. The van der Waals surface area contributed by atoms with Crippen LogP contribution in [-0.4, -0.2) is 37.8 Å². The van der Waals surface area contributed by atoms with Crippen LogP contribution < -0.4 is 16.0 Å². The number of nitrogens with two attached hydrogens (primary N) is 1. The Morgan fingerprint density at radius 2 is 1.85 bits per heavy atom. The molecule has 2 aliphatic rings. The number of sulfone groups is 1. The fourth-order valence-corrected chi connectivity index (χ4v) is 6.02. The van der Waals surface area contributed by atoms with Crippen LogP contribution in [0.3, 0.4) is 0 Å². The highest BCUT2D eigenvalue weighted by molar-refractivity contribution is 7.92. The molecular formula is C21H20ClF4N3O3S. The third-order valence-corrected chi connectivity index (χ3v) is 8.38. The highest BCUT2D eigenvalue weighted by atomic mass is 35.5. The van der Waals surface area contributed by atoms with E-state index in [4.69, 9.17) is 17.3 Å². The minimum Gasteiger partial charge on any atom is -0.358 e. The Labute approximate surface area is 192 Å². The molecule has 1 amide bonds. The molecule has 0 spiro atoms. The molecule has 4 rings (SSSR count). The predicted octanol–water partition coefficient (Wildman–Crippen LogP) is 3.48. The Bertz CT molecular complexity index is 1200. The summed E-state index contributed by atoms with van der Waals surface area (Å²) in [5.41, 5.74) is 4.07. The van der Waals surface area contributed by atoms with E-state index in [0.717, 1.165) is 18.2 Å². The van der Waals surface area contributed by atoms with Gasteiger partial charge in [-0.1, -0.05) is 23.7 Å². The fourth-order valence-electron chi connectivity index (χ4n) is 3.94. The predicted molar refractivity (Wildman–Crippen MR) is 114 cm³/mol. The van der Waals surface area contributed by atoms with Crippen LogP contribution in [0.1, 0.15) is 24.8 Å². The summed E-state index contributed by atoms with van der Waals surface area (Å²) in [6.45, 7) is -0.286. The molecule has 2 atom stereocenters. The second-order valence-electron chi connectivity index (χ2n) is 8.31. The summed E-state index contributed by atoms with van der Waals surface area (Å²) < 4.78 is 80.7. The molecule has 1 heterocycles. The lowest BCUT2D eigenvalue weighted by Gasteiger charge is -2.27. The quantitative estimate of drug-likeness (QED) is 0.479. The molecule has 1 aliphatic carbocycles. The van der Waals surface area contributed by atoms with Crippen molar-refractivity contribution in [1.82, 2.24) is 5.32 Å². The highest BCUT2D eigenvalue weighted by Gasteiger charge is 2.48. The lowest BCUT2D eigenvalue weighted by atomic mass is 10.2. The van der Waals surface area contributed by atoms with Crippen LogP contribution in [-0.2, 0) is 20.8 Å². The van der Waals surface area contributed by atoms with Crippen molar-refractivity contribution < 1.29 is 30.8 Å². The molecule has 6 nitrogen and oxygen atoms in total. The standard InChI is InChI=1S/C21H20ClF4N3O3S/c22-15-9-12(5-6-16(15)23)29-11-13(10-17(29)19(30)28-20(27)7-8-20)33(31,32)18-4-2-1-3-14(18)21(24,25)26/h1-6,9,13,17H,7-8,10-11,27H2,(H,28,30)/t13-,17+/m0/s1. The minimum atomic E-state index is -4.87. The molecule has 1 saturated heterocycles. The Kier molecular flexibility index (Phi) is 5.86. The van der Waals surface area contributed by atoms with Gasteiger partial charge in [-0.05, 0) is 49.6 Å². The average Bonchev–Trinajstić information content (AvgIpc) is 3.28. The number of carbonyl (C=O) groups is 1. The zero-order valence-corrected chi connectivity index (χ0v) is 18.6. The maximum absolute atomic E-state index is 13.7. The van der Waals surface area contributed by atoms with E-state index in [1.807, 2.05) is 0 Å². The number of rotatable bonds is 5. The summed E-state index contributed by atoms with van der Waals surface area (Å²) in [5.74, 6) is -1.26. The number of alkyl halides is 3. The van der Waals surface area contributed by atoms with Crippen molar-refractivity contribution in [2.75, 3.05) is 11.4 Å². The Morgan fingerprint density at radius 1 is 1.18 bits per heavy atom. The molecule has 0 aromatic heterocycles. The van der Waals surface area contributed by atoms with Crippen molar-refractivity contribution in [1.29, 1.82) is 0 Å². The number of hydrogen-bond donors (Lipinski definition) is 2. The van der Waals surface area contributed by atoms with Crippen molar-refractivity contribution in [3.05, 3.63) is 58.9 Å². The van der Waals surface area contributed by atoms with Crippen LogP contribution >= 0.6 is 11.6 Å². The van der Waals surface area contributed by atoms with Gasteiger partial charge in [-0.25, -0.2) is 12.8 Å². The summed E-state index contributed by atoms with van der Waals surface area (Å²) in [5, 5.41) is 1.10. The van der Waals surface area contributed by atoms with Gasteiger partial charge in [0.25, 0.3) is 0 Å².